The van der Waals surface area contributed by atoms with Gasteiger partial charge in [-0.15, -0.1) is 11.6 Å². The summed E-state index contributed by atoms with van der Waals surface area (Å²) in [5, 5.41) is 0. The lowest BCUT2D eigenvalue weighted by Gasteiger charge is -2.34. The molecule has 3 rings (SSSR count). The number of hydrogen-bond acceptors (Lipinski definition) is 4. The molecular formula is C19H22ClNO4S. The number of nitrogens with zero attached hydrogens (tertiary/aromatic N) is 1. The summed E-state index contributed by atoms with van der Waals surface area (Å²) >= 11 is 5.77. The maximum atomic E-state index is 13.0. The smallest absolute Gasteiger partial charge is 0.243 e. The predicted molar refractivity (Wildman–Crippen MR) is 101 cm³/mol. The molecule has 26 heavy (non-hydrogen) atoms. The largest absolute Gasteiger partial charge is 0.496 e. The lowest BCUT2D eigenvalue weighted by Crippen LogP contribution is -2.41. The molecule has 1 heterocycles. The zero-order chi connectivity index (χ0) is 18.6. The number of hydrogen-bond donors (Lipinski definition) is 0. The maximum Gasteiger partial charge on any atom is 0.243 e. The minimum absolute atomic E-state index is 0.246. The summed E-state index contributed by atoms with van der Waals surface area (Å²) in [6.07, 6.45) is 0.186. The molecule has 0 amide bonds. The summed E-state index contributed by atoms with van der Waals surface area (Å²) in [7, 11) is -2.05. The van der Waals surface area contributed by atoms with E-state index in [2.05, 4.69) is 0 Å². The molecule has 0 saturated heterocycles. The van der Waals surface area contributed by atoms with Crippen molar-refractivity contribution in [1.29, 1.82) is 0 Å². The van der Waals surface area contributed by atoms with E-state index in [1.54, 1.807) is 18.2 Å². The van der Waals surface area contributed by atoms with Crippen molar-refractivity contribution in [1.82, 2.24) is 4.31 Å². The average molecular weight is 396 g/mol. The van der Waals surface area contributed by atoms with Gasteiger partial charge in [0.05, 0.1) is 18.6 Å². The van der Waals surface area contributed by atoms with Crippen LogP contribution in [0.4, 0.5) is 0 Å². The number of sulfonamides is 1. The number of ether oxygens (including phenoxy) is 2. The van der Waals surface area contributed by atoms with Crippen LogP contribution < -0.4 is 4.74 Å². The Morgan fingerprint density at radius 2 is 1.92 bits per heavy atom. The quantitative estimate of drug-likeness (QED) is 0.672. The minimum atomic E-state index is -3.59. The van der Waals surface area contributed by atoms with Crippen LogP contribution in [0.5, 0.6) is 5.75 Å². The van der Waals surface area contributed by atoms with Gasteiger partial charge in [0.25, 0.3) is 0 Å². The Kier molecular flexibility index (Phi) is 6.19. The van der Waals surface area contributed by atoms with E-state index in [-0.39, 0.29) is 11.4 Å². The second-order valence-electron chi connectivity index (χ2n) is 6.06. The Morgan fingerprint density at radius 3 is 2.62 bits per heavy atom. The summed E-state index contributed by atoms with van der Waals surface area (Å²) in [5.41, 5.74) is 1.62. The Hall–Kier alpha value is -1.60. The first-order valence-corrected chi connectivity index (χ1v) is 10.4. The first-order valence-electron chi connectivity index (χ1n) is 8.46. The van der Waals surface area contributed by atoms with Crippen LogP contribution in [0.3, 0.4) is 0 Å². The normalized spacial score (nSPS) is 19.1. The summed E-state index contributed by atoms with van der Waals surface area (Å²) in [6.45, 7) is 1.01. The molecule has 0 aromatic heterocycles. The van der Waals surface area contributed by atoms with Gasteiger partial charge >= 0.3 is 0 Å². The third-order valence-electron chi connectivity index (χ3n) is 4.39. The zero-order valence-electron chi connectivity index (χ0n) is 14.6. The van der Waals surface area contributed by atoms with Gasteiger partial charge in [0.1, 0.15) is 11.9 Å². The predicted octanol–water partition coefficient (Wildman–Crippen LogP) is 3.59. The van der Waals surface area contributed by atoms with E-state index in [4.69, 9.17) is 21.1 Å². The SMILES string of the molecule is COc1cccc2c1C(OCc1ccccc1)CN(CCCCl)S2(=O)=O. The molecule has 1 aliphatic heterocycles. The molecule has 2 aromatic rings. The second-order valence-corrected chi connectivity index (χ2v) is 8.35. The number of alkyl halides is 1. The molecule has 0 spiro atoms. The lowest BCUT2D eigenvalue weighted by atomic mass is 10.1. The third-order valence-corrected chi connectivity index (χ3v) is 6.58. The van der Waals surface area contributed by atoms with E-state index in [0.717, 1.165) is 5.56 Å². The molecule has 7 heteroatoms. The number of rotatable bonds is 7. The van der Waals surface area contributed by atoms with Crippen LogP contribution in [0, 0.1) is 0 Å². The molecule has 1 aliphatic rings. The maximum absolute atomic E-state index is 13.0. The van der Waals surface area contributed by atoms with Gasteiger partial charge in [0.2, 0.25) is 10.0 Å². The number of fused-ring (bicyclic) bond motifs is 1. The fourth-order valence-corrected chi connectivity index (χ4v) is 4.97. The molecule has 0 radical (unpaired) electrons. The van der Waals surface area contributed by atoms with Gasteiger partial charge in [-0.2, -0.15) is 4.31 Å². The van der Waals surface area contributed by atoms with E-state index in [0.29, 0.717) is 36.8 Å². The van der Waals surface area contributed by atoms with Crippen molar-refractivity contribution < 1.29 is 17.9 Å². The van der Waals surface area contributed by atoms with Crippen molar-refractivity contribution in [2.45, 2.75) is 24.0 Å². The third kappa shape index (κ3) is 3.88. The molecule has 2 aromatic carbocycles. The Labute approximate surface area is 159 Å². The van der Waals surface area contributed by atoms with Crippen LogP contribution in [-0.4, -0.2) is 38.8 Å². The Balaban J connectivity index is 1.95. The van der Waals surface area contributed by atoms with Crippen molar-refractivity contribution in [2.75, 3.05) is 26.1 Å². The highest BCUT2D eigenvalue weighted by Gasteiger charge is 2.39. The molecule has 0 N–H and O–H groups in total. The van der Waals surface area contributed by atoms with Gasteiger partial charge in [-0.3, -0.25) is 0 Å². The van der Waals surface area contributed by atoms with Crippen LogP contribution in [0.2, 0.25) is 0 Å². The molecule has 0 saturated carbocycles. The zero-order valence-corrected chi connectivity index (χ0v) is 16.2. The van der Waals surface area contributed by atoms with Gasteiger partial charge in [-0.1, -0.05) is 36.4 Å². The average Bonchev–Trinajstić information content (AvgIpc) is 2.67. The molecular weight excluding hydrogens is 374 g/mol. The van der Waals surface area contributed by atoms with Crippen LogP contribution >= 0.6 is 11.6 Å². The molecule has 0 aliphatic carbocycles. The van der Waals surface area contributed by atoms with Crippen molar-refractivity contribution in [3.63, 3.8) is 0 Å². The van der Waals surface area contributed by atoms with Crippen molar-refractivity contribution in [2.24, 2.45) is 0 Å². The van der Waals surface area contributed by atoms with Crippen molar-refractivity contribution in [3.05, 3.63) is 59.7 Å². The van der Waals surface area contributed by atoms with Gasteiger partial charge < -0.3 is 9.47 Å². The van der Waals surface area contributed by atoms with Gasteiger partial charge in [0.15, 0.2) is 0 Å². The summed E-state index contributed by atoms with van der Waals surface area (Å²) in [6, 6.07) is 14.9. The van der Waals surface area contributed by atoms with E-state index in [9.17, 15) is 8.42 Å². The highest BCUT2D eigenvalue weighted by Crippen LogP contribution is 2.40. The van der Waals surface area contributed by atoms with Crippen molar-refractivity contribution in [3.8, 4) is 5.75 Å². The van der Waals surface area contributed by atoms with Crippen LogP contribution in [0.15, 0.2) is 53.4 Å². The summed E-state index contributed by atoms with van der Waals surface area (Å²) in [5.74, 6) is 0.938. The van der Waals surface area contributed by atoms with E-state index >= 15 is 0 Å². The minimum Gasteiger partial charge on any atom is -0.496 e. The van der Waals surface area contributed by atoms with Gasteiger partial charge in [0, 0.05) is 24.5 Å². The van der Waals surface area contributed by atoms with E-state index in [1.165, 1.54) is 11.4 Å². The molecule has 140 valence electrons. The molecule has 1 atom stereocenters. The molecule has 0 fully saturated rings. The highest BCUT2D eigenvalue weighted by molar-refractivity contribution is 7.89. The van der Waals surface area contributed by atoms with E-state index < -0.39 is 16.1 Å². The van der Waals surface area contributed by atoms with Crippen LogP contribution in [0.25, 0.3) is 0 Å². The van der Waals surface area contributed by atoms with Gasteiger partial charge in [-0.05, 0) is 24.1 Å². The summed E-state index contributed by atoms with van der Waals surface area (Å²) in [4.78, 5) is 0.246. The fourth-order valence-electron chi connectivity index (χ4n) is 3.11. The summed E-state index contributed by atoms with van der Waals surface area (Å²) < 4.78 is 38.9. The highest BCUT2D eigenvalue weighted by atomic mass is 35.5. The number of halogens is 1. The number of methoxy groups -OCH3 is 1. The second kappa shape index (κ2) is 8.39. The Bertz CT molecular complexity index is 842. The fraction of sp³-hybridized carbons (Fsp3) is 0.368. The van der Waals surface area contributed by atoms with Crippen LogP contribution in [0.1, 0.15) is 23.7 Å². The van der Waals surface area contributed by atoms with Crippen molar-refractivity contribution >= 4 is 21.6 Å². The first kappa shape index (κ1) is 19.2. The number of benzene rings is 2. The van der Waals surface area contributed by atoms with Gasteiger partial charge in [-0.25, -0.2) is 8.42 Å². The van der Waals surface area contributed by atoms with E-state index in [1.807, 2.05) is 30.3 Å². The monoisotopic (exact) mass is 395 g/mol. The lowest BCUT2D eigenvalue weighted by molar-refractivity contribution is 0.0209. The Morgan fingerprint density at radius 1 is 1.15 bits per heavy atom. The molecule has 1 unspecified atom stereocenters. The standard InChI is InChI=1S/C19H22ClNO4S/c1-24-16-9-5-10-18-19(16)17(25-14-15-7-3-2-4-8-15)13-21(12-6-11-20)26(18,22)23/h2-5,7-10,17H,6,11-14H2,1H3. The topological polar surface area (TPSA) is 55.8 Å². The molecule has 5 nitrogen and oxygen atoms in total. The van der Waals surface area contributed by atoms with Crippen LogP contribution in [-0.2, 0) is 21.4 Å². The first-order chi connectivity index (χ1) is 12.6. The molecule has 0 bridgehead atoms.